The van der Waals surface area contributed by atoms with Crippen LogP contribution in [0.1, 0.15) is 36.9 Å². The fourth-order valence-corrected chi connectivity index (χ4v) is 3.55. The molecule has 7 heteroatoms. The maximum Gasteiger partial charge on any atom is 0.262 e. The summed E-state index contributed by atoms with van der Waals surface area (Å²) in [5.74, 6) is 0.262. The number of hydrazone groups is 1. The summed E-state index contributed by atoms with van der Waals surface area (Å²) in [6, 6.07) is 7.33. The van der Waals surface area contributed by atoms with E-state index in [1.165, 1.54) is 9.91 Å². The van der Waals surface area contributed by atoms with Crippen LogP contribution in [0.2, 0.25) is 0 Å². The van der Waals surface area contributed by atoms with Crippen molar-refractivity contribution in [1.29, 1.82) is 0 Å². The van der Waals surface area contributed by atoms with Gasteiger partial charge in [-0.1, -0.05) is 19.9 Å². The number of rotatable bonds is 5. The zero-order valence-corrected chi connectivity index (χ0v) is 15.3. The molecule has 2 amide bonds. The van der Waals surface area contributed by atoms with Crippen LogP contribution in [0.15, 0.2) is 45.4 Å². The average molecular weight is 359 g/mol. The van der Waals surface area contributed by atoms with E-state index in [-0.39, 0.29) is 30.3 Å². The number of likely N-dealkylation sites (N-methyl/N-ethyl adjacent to an activating group) is 1. The fourth-order valence-electron chi connectivity index (χ4n) is 2.83. The summed E-state index contributed by atoms with van der Waals surface area (Å²) in [6.45, 7) is 3.63. The maximum atomic E-state index is 12.8. The Morgan fingerprint density at radius 1 is 1.40 bits per heavy atom. The zero-order chi connectivity index (χ0) is 18.0. The lowest BCUT2D eigenvalue weighted by Gasteiger charge is -2.24. The van der Waals surface area contributed by atoms with Crippen LogP contribution in [0, 0.1) is 5.92 Å². The van der Waals surface area contributed by atoms with Gasteiger partial charge in [-0.25, -0.2) is 5.01 Å². The Kier molecular flexibility index (Phi) is 5.03. The number of thiophene rings is 1. The molecule has 2 aromatic rings. The fraction of sp³-hybridized carbons (Fsp3) is 0.389. The normalized spacial score (nSPS) is 17.0. The predicted molar refractivity (Wildman–Crippen MR) is 96.2 cm³/mol. The largest absolute Gasteiger partial charge is 0.467 e. The molecule has 1 aliphatic rings. The van der Waals surface area contributed by atoms with Gasteiger partial charge in [-0.2, -0.15) is 5.10 Å². The lowest BCUT2D eigenvalue weighted by Crippen LogP contribution is -2.40. The van der Waals surface area contributed by atoms with Gasteiger partial charge in [-0.15, -0.1) is 11.3 Å². The summed E-state index contributed by atoms with van der Waals surface area (Å²) in [5, 5.41) is 7.98. The van der Waals surface area contributed by atoms with E-state index >= 15 is 0 Å². The molecule has 6 nitrogen and oxygen atoms in total. The van der Waals surface area contributed by atoms with Crippen LogP contribution in [0.4, 0.5) is 0 Å². The van der Waals surface area contributed by atoms with Gasteiger partial charge in [0.25, 0.3) is 5.91 Å². The van der Waals surface area contributed by atoms with E-state index in [0.717, 1.165) is 10.6 Å². The van der Waals surface area contributed by atoms with E-state index in [1.54, 1.807) is 30.7 Å². The summed E-state index contributed by atoms with van der Waals surface area (Å²) in [7, 11) is 1.64. The van der Waals surface area contributed by atoms with Crippen molar-refractivity contribution in [2.24, 2.45) is 11.0 Å². The Bertz CT molecular complexity index is 766. The number of carbonyl (C=O) groups excluding carboxylic acids is 2. The Morgan fingerprint density at radius 2 is 2.20 bits per heavy atom. The molecule has 0 radical (unpaired) electrons. The SMILES string of the molecule is CC(C)C(=O)N(C)CC(=O)N1N=C(c2cccs2)CC1c1ccco1. The molecule has 0 saturated carbocycles. The van der Waals surface area contributed by atoms with E-state index in [0.29, 0.717) is 12.2 Å². The first-order valence-electron chi connectivity index (χ1n) is 8.19. The average Bonchev–Trinajstić information content (AvgIpc) is 3.32. The highest BCUT2D eigenvalue weighted by Crippen LogP contribution is 2.34. The molecule has 0 aromatic carbocycles. The number of hydrogen-bond acceptors (Lipinski definition) is 5. The van der Waals surface area contributed by atoms with Crippen molar-refractivity contribution >= 4 is 28.9 Å². The molecule has 0 saturated heterocycles. The quantitative estimate of drug-likeness (QED) is 0.824. The predicted octanol–water partition coefficient (Wildman–Crippen LogP) is 3.13. The summed E-state index contributed by atoms with van der Waals surface area (Å²) < 4.78 is 5.51. The maximum absolute atomic E-state index is 12.8. The highest BCUT2D eigenvalue weighted by atomic mass is 32.1. The van der Waals surface area contributed by atoms with Crippen molar-refractivity contribution in [3.8, 4) is 0 Å². The van der Waals surface area contributed by atoms with Crippen LogP contribution in [-0.2, 0) is 9.59 Å². The number of carbonyl (C=O) groups is 2. The van der Waals surface area contributed by atoms with Crippen molar-refractivity contribution in [2.45, 2.75) is 26.3 Å². The third kappa shape index (κ3) is 3.66. The first-order valence-corrected chi connectivity index (χ1v) is 9.07. The van der Waals surface area contributed by atoms with E-state index in [2.05, 4.69) is 5.10 Å². The minimum atomic E-state index is -0.276. The van der Waals surface area contributed by atoms with Crippen LogP contribution in [0.5, 0.6) is 0 Å². The molecule has 0 fully saturated rings. The van der Waals surface area contributed by atoms with Gasteiger partial charge in [0.2, 0.25) is 5.91 Å². The summed E-state index contributed by atoms with van der Waals surface area (Å²) in [6.07, 6.45) is 2.19. The van der Waals surface area contributed by atoms with E-state index < -0.39 is 0 Å². The van der Waals surface area contributed by atoms with Crippen molar-refractivity contribution in [2.75, 3.05) is 13.6 Å². The third-order valence-electron chi connectivity index (χ3n) is 4.09. The van der Waals surface area contributed by atoms with E-state index in [4.69, 9.17) is 4.42 Å². The summed E-state index contributed by atoms with van der Waals surface area (Å²) in [5.41, 5.74) is 0.864. The van der Waals surface area contributed by atoms with Crippen molar-refractivity contribution < 1.29 is 14.0 Å². The molecule has 25 heavy (non-hydrogen) atoms. The van der Waals surface area contributed by atoms with Crippen molar-refractivity contribution in [1.82, 2.24) is 9.91 Å². The second-order valence-corrected chi connectivity index (χ2v) is 7.29. The number of furan rings is 1. The molecule has 1 aliphatic heterocycles. The number of hydrogen-bond donors (Lipinski definition) is 0. The molecule has 1 atom stereocenters. The molecule has 0 bridgehead atoms. The second kappa shape index (κ2) is 7.23. The van der Waals surface area contributed by atoms with E-state index in [1.807, 2.05) is 37.4 Å². The van der Waals surface area contributed by atoms with Crippen molar-refractivity contribution in [3.05, 3.63) is 46.5 Å². The summed E-state index contributed by atoms with van der Waals surface area (Å²) in [4.78, 5) is 27.3. The monoisotopic (exact) mass is 359 g/mol. The molecule has 0 N–H and O–H groups in total. The van der Waals surface area contributed by atoms with Crippen LogP contribution in [-0.4, -0.2) is 41.0 Å². The minimum Gasteiger partial charge on any atom is -0.467 e. The number of amides is 2. The van der Waals surface area contributed by atoms with Gasteiger partial charge in [0, 0.05) is 19.4 Å². The lowest BCUT2D eigenvalue weighted by atomic mass is 10.1. The topological polar surface area (TPSA) is 66.1 Å². The molecular weight excluding hydrogens is 338 g/mol. The number of nitrogens with zero attached hydrogens (tertiary/aromatic N) is 3. The molecule has 132 valence electrons. The molecule has 3 rings (SSSR count). The molecule has 0 aliphatic carbocycles. The Morgan fingerprint density at radius 3 is 2.80 bits per heavy atom. The van der Waals surface area contributed by atoms with Crippen LogP contribution >= 0.6 is 11.3 Å². The first-order chi connectivity index (χ1) is 12.0. The van der Waals surface area contributed by atoms with Gasteiger partial charge in [0.1, 0.15) is 18.3 Å². The zero-order valence-electron chi connectivity index (χ0n) is 14.5. The minimum absolute atomic E-state index is 0.00452. The van der Waals surface area contributed by atoms with Gasteiger partial charge in [0.05, 0.1) is 16.9 Å². The third-order valence-corrected chi connectivity index (χ3v) is 5.00. The Labute approximate surface area is 150 Å². The standard InChI is InChI=1S/C18H21N3O3S/c1-12(2)18(23)20(3)11-17(22)21-14(15-6-4-8-24-15)10-13(19-21)16-7-5-9-25-16/h4-9,12,14H,10-11H2,1-3H3. The summed E-state index contributed by atoms with van der Waals surface area (Å²) >= 11 is 1.59. The van der Waals surface area contributed by atoms with Gasteiger partial charge in [-0.3, -0.25) is 9.59 Å². The van der Waals surface area contributed by atoms with E-state index in [9.17, 15) is 9.59 Å². The van der Waals surface area contributed by atoms with Gasteiger partial charge >= 0.3 is 0 Å². The van der Waals surface area contributed by atoms with Gasteiger partial charge < -0.3 is 9.32 Å². The van der Waals surface area contributed by atoms with Gasteiger partial charge in [-0.05, 0) is 23.6 Å². The second-order valence-electron chi connectivity index (χ2n) is 6.35. The molecule has 2 aromatic heterocycles. The smallest absolute Gasteiger partial charge is 0.262 e. The Balaban J connectivity index is 1.82. The van der Waals surface area contributed by atoms with Crippen LogP contribution < -0.4 is 0 Å². The molecule has 3 heterocycles. The lowest BCUT2D eigenvalue weighted by molar-refractivity contribution is -0.142. The van der Waals surface area contributed by atoms with Crippen LogP contribution in [0.25, 0.3) is 0 Å². The van der Waals surface area contributed by atoms with Gasteiger partial charge in [0.15, 0.2) is 0 Å². The first kappa shape index (κ1) is 17.4. The molecular formula is C18H21N3O3S. The van der Waals surface area contributed by atoms with Crippen LogP contribution in [0.3, 0.4) is 0 Å². The molecule has 0 spiro atoms. The highest BCUT2D eigenvalue weighted by molar-refractivity contribution is 7.12. The highest BCUT2D eigenvalue weighted by Gasteiger charge is 2.35. The van der Waals surface area contributed by atoms with Crippen molar-refractivity contribution in [3.63, 3.8) is 0 Å². The molecule has 1 unspecified atom stereocenters. The Hall–Kier alpha value is -2.41.